The highest BCUT2D eigenvalue weighted by molar-refractivity contribution is 9.10. The molecule has 0 aromatic heterocycles. The molecule has 1 fully saturated rings. The number of piperidine rings is 1. The van der Waals surface area contributed by atoms with Crippen molar-refractivity contribution >= 4 is 21.6 Å². The van der Waals surface area contributed by atoms with Gasteiger partial charge in [-0.15, -0.1) is 0 Å². The molecular formula is C11H14BrFN2. The maximum atomic E-state index is 13.0. The fourth-order valence-electron chi connectivity index (χ4n) is 1.79. The highest BCUT2D eigenvalue weighted by Crippen LogP contribution is 2.21. The molecule has 1 aromatic carbocycles. The van der Waals surface area contributed by atoms with E-state index in [0.717, 1.165) is 31.6 Å². The number of hydrogen-bond donors (Lipinski definition) is 2. The van der Waals surface area contributed by atoms with Crippen molar-refractivity contribution in [3.05, 3.63) is 28.5 Å². The van der Waals surface area contributed by atoms with Crippen molar-refractivity contribution in [3.63, 3.8) is 0 Å². The molecule has 0 bridgehead atoms. The van der Waals surface area contributed by atoms with Crippen LogP contribution in [-0.4, -0.2) is 19.1 Å². The van der Waals surface area contributed by atoms with E-state index in [1.165, 1.54) is 6.07 Å². The number of benzene rings is 1. The van der Waals surface area contributed by atoms with Gasteiger partial charge in [-0.1, -0.05) is 0 Å². The molecule has 0 atom stereocenters. The summed E-state index contributed by atoms with van der Waals surface area (Å²) in [6.45, 7) is 2.11. The van der Waals surface area contributed by atoms with E-state index in [2.05, 4.69) is 26.6 Å². The molecule has 2 rings (SSSR count). The summed E-state index contributed by atoms with van der Waals surface area (Å²) in [7, 11) is 0. The molecule has 2 nitrogen and oxygen atoms in total. The lowest BCUT2D eigenvalue weighted by molar-refractivity contribution is 0.479. The predicted molar refractivity (Wildman–Crippen MR) is 63.6 cm³/mol. The second-order valence-electron chi connectivity index (χ2n) is 3.80. The van der Waals surface area contributed by atoms with Crippen LogP contribution >= 0.6 is 15.9 Å². The Balaban J connectivity index is 2.00. The van der Waals surface area contributed by atoms with E-state index in [0.29, 0.717) is 10.5 Å². The van der Waals surface area contributed by atoms with E-state index in [1.54, 1.807) is 12.1 Å². The lowest BCUT2D eigenvalue weighted by Crippen LogP contribution is -2.35. The molecular weight excluding hydrogens is 259 g/mol. The molecule has 82 valence electrons. The van der Waals surface area contributed by atoms with Crippen LogP contribution in [0.25, 0.3) is 0 Å². The van der Waals surface area contributed by atoms with Crippen LogP contribution in [0.1, 0.15) is 12.8 Å². The number of halogens is 2. The first kappa shape index (κ1) is 10.9. The normalized spacial score (nSPS) is 17.7. The van der Waals surface area contributed by atoms with Crippen LogP contribution in [0.3, 0.4) is 0 Å². The standard InChI is InChI=1S/C11H14BrFN2/c12-10-7-9(1-2-11(10)13)15-8-3-5-14-6-4-8/h1-2,7-8,14-15H,3-6H2. The SMILES string of the molecule is Fc1ccc(NC2CCNCC2)cc1Br. The smallest absolute Gasteiger partial charge is 0.137 e. The number of hydrogen-bond acceptors (Lipinski definition) is 2. The Kier molecular flexibility index (Phi) is 3.59. The van der Waals surface area contributed by atoms with Crippen LogP contribution in [0, 0.1) is 5.82 Å². The van der Waals surface area contributed by atoms with Gasteiger partial charge in [-0.2, -0.15) is 0 Å². The molecule has 1 aliphatic rings. The summed E-state index contributed by atoms with van der Waals surface area (Å²) in [4.78, 5) is 0. The van der Waals surface area contributed by atoms with Crippen molar-refractivity contribution < 1.29 is 4.39 Å². The van der Waals surface area contributed by atoms with Crippen LogP contribution in [0.15, 0.2) is 22.7 Å². The molecule has 4 heteroatoms. The zero-order valence-electron chi connectivity index (χ0n) is 8.39. The molecule has 15 heavy (non-hydrogen) atoms. The summed E-state index contributed by atoms with van der Waals surface area (Å²) in [6.07, 6.45) is 2.24. The maximum Gasteiger partial charge on any atom is 0.137 e. The third kappa shape index (κ3) is 2.92. The van der Waals surface area contributed by atoms with Crippen molar-refractivity contribution in [1.82, 2.24) is 5.32 Å². The molecule has 0 saturated carbocycles. The first-order valence-corrected chi connectivity index (χ1v) is 5.97. The second-order valence-corrected chi connectivity index (χ2v) is 4.65. The molecule has 0 spiro atoms. The van der Waals surface area contributed by atoms with Gasteiger partial charge < -0.3 is 10.6 Å². The molecule has 0 radical (unpaired) electrons. The highest BCUT2D eigenvalue weighted by Gasteiger charge is 2.12. The maximum absolute atomic E-state index is 13.0. The Labute approximate surface area is 97.4 Å². The molecule has 0 aliphatic carbocycles. The summed E-state index contributed by atoms with van der Waals surface area (Å²) < 4.78 is 13.5. The first-order chi connectivity index (χ1) is 7.25. The minimum Gasteiger partial charge on any atom is -0.382 e. The lowest BCUT2D eigenvalue weighted by atomic mass is 10.1. The van der Waals surface area contributed by atoms with Crippen LogP contribution in [0.4, 0.5) is 10.1 Å². The van der Waals surface area contributed by atoms with E-state index < -0.39 is 0 Å². The van der Waals surface area contributed by atoms with Gasteiger partial charge in [0.25, 0.3) is 0 Å². The molecule has 1 saturated heterocycles. The second kappa shape index (κ2) is 4.94. The van der Waals surface area contributed by atoms with E-state index in [9.17, 15) is 4.39 Å². The fourth-order valence-corrected chi connectivity index (χ4v) is 2.17. The van der Waals surface area contributed by atoms with Gasteiger partial charge in [0.05, 0.1) is 4.47 Å². The Hall–Kier alpha value is -0.610. The average Bonchev–Trinajstić information content (AvgIpc) is 2.25. The van der Waals surface area contributed by atoms with E-state index in [-0.39, 0.29) is 5.82 Å². The summed E-state index contributed by atoms with van der Waals surface area (Å²) in [6, 6.07) is 5.55. The Morgan fingerprint density at radius 3 is 2.73 bits per heavy atom. The minimum absolute atomic E-state index is 0.217. The van der Waals surface area contributed by atoms with Gasteiger partial charge in [0.15, 0.2) is 0 Å². The van der Waals surface area contributed by atoms with Gasteiger partial charge in [0, 0.05) is 11.7 Å². The molecule has 2 N–H and O–H groups in total. The first-order valence-electron chi connectivity index (χ1n) is 5.18. The summed E-state index contributed by atoms with van der Waals surface area (Å²) >= 11 is 3.18. The Morgan fingerprint density at radius 2 is 2.07 bits per heavy atom. The van der Waals surface area contributed by atoms with Crippen molar-refractivity contribution in [2.24, 2.45) is 0 Å². The summed E-state index contributed by atoms with van der Waals surface area (Å²) in [5, 5.41) is 6.72. The molecule has 0 unspecified atom stereocenters. The average molecular weight is 273 g/mol. The number of rotatable bonds is 2. The molecule has 1 aromatic rings. The third-order valence-electron chi connectivity index (χ3n) is 2.63. The van der Waals surface area contributed by atoms with Gasteiger partial charge in [-0.3, -0.25) is 0 Å². The minimum atomic E-state index is -0.217. The topological polar surface area (TPSA) is 24.1 Å². The predicted octanol–water partition coefficient (Wildman–Crippen LogP) is 2.75. The van der Waals surface area contributed by atoms with Crippen LogP contribution in [0.5, 0.6) is 0 Å². The van der Waals surface area contributed by atoms with Crippen molar-refractivity contribution in [2.45, 2.75) is 18.9 Å². The van der Waals surface area contributed by atoms with E-state index in [1.807, 2.05) is 0 Å². The van der Waals surface area contributed by atoms with Crippen molar-refractivity contribution in [2.75, 3.05) is 18.4 Å². The van der Waals surface area contributed by atoms with Crippen molar-refractivity contribution in [1.29, 1.82) is 0 Å². The zero-order valence-corrected chi connectivity index (χ0v) is 9.98. The largest absolute Gasteiger partial charge is 0.382 e. The van der Waals surface area contributed by atoms with Gasteiger partial charge in [0.1, 0.15) is 5.82 Å². The zero-order chi connectivity index (χ0) is 10.7. The van der Waals surface area contributed by atoms with Crippen molar-refractivity contribution in [3.8, 4) is 0 Å². The van der Waals surface area contributed by atoms with Gasteiger partial charge in [-0.25, -0.2) is 4.39 Å². The quantitative estimate of drug-likeness (QED) is 0.865. The van der Waals surface area contributed by atoms with Gasteiger partial charge in [0.2, 0.25) is 0 Å². The molecule has 0 amide bonds. The van der Waals surface area contributed by atoms with Crippen LogP contribution in [-0.2, 0) is 0 Å². The van der Waals surface area contributed by atoms with Crippen LogP contribution < -0.4 is 10.6 Å². The molecule has 1 aliphatic heterocycles. The number of nitrogens with one attached hydrogen (secondary N) is 2. The number of anilines is 1. The van der Waals surface area contributed by atoms with Gasteiger partial charge >= 0.3 is 0 Å². The summed E-state index contributed by atoms with van der Waals surface area (Å²) in [5.74, 6) is -0.217. The van der Waals surface area contributed by atoms with E-state index >= 15 is 0 Å². The van der Waals surface area contributed by atoms with Gasteiger partial charge in [-0.05, 0) is 60.1 Å². The lowest BCUT2D eigenvalue weighted by Gasteiger charge is -2.24. The highest BCUT2D eigenvalue weighted by atomic mass is 79.9. The fraction of sp³-hybridized carbons (Fsp3) is 0.455. The summed E-state index contributed by atoms with van der Waals surface area (Å²) in [5.41, 5.74) is 0.982. The third-order valence-corrected chi connectivity index (χ3v) is 3.24. The Bertz CT molecular complexity index is 337. The van der Waals surface area contributed by atoms with E-state index in [4.69, 9.17) is 0 Å². The molecule has 1 heterocycles. The van der Waals surface area contributed by atoms with Crippen LogP contribution in [0.2, 0.25) is 0 Å². The Morgan fingerprint density at radius 1 is 1.33 bits per heavy atom. The monoisotopic (exact) mass is 272 g/mol.